The molecule has 0 saturated carbocycles. The standard InChI is InChI=1S/C7H4BBr3O2/c1-13-7-5(11)3(9)2(8)4(10)6(7)12/h12H,1H3. The van der Waals surface area contributed by atoms with E-state index < -0.39 is 0 Å². The van der Waals surface area contributed by atoms with Crippen LogP contribution in [0.1, 0.15) is 0 Å². The van der Waals surface area contributed by atoms with Crippen LogP contribution >= 0.6 is 47.8 Å². The maximum atomic E-state index is 9.58. The summed E-state index contributed by atoms with van der Waals surface area (Å²) in [5.74, 6) is 0.322. The van der Waals surface area contributed by atoms with Gasteiger partial charge in [0.2, 0.25) is 0 Å². The van der Waals surface area contributed by atoms with Crippen LogP contribution in [0.4, 0.5) is 0 Å². The van der Waals surface area contributed by atoms with Gasteiger partial charge in [0.25, 0.3) is 0 Å². The van der Waals surface area contributed by atoms with Crippen LogP contribution < -0.4 is 10.2 Å². The van der Waals surface area contributed by atoms with Crippen molar-refractivity contribution < 1.29 is 9.84 Å². The number of ether oxygens (including phenoxy) is 1. The molecule has 0 unspecified atom stereocenters. The van der Waals surface area contributed by atoms with Crippen molar-refractivity contribution >= 4 is 61.1 Å². The third-order valence-electron chi connectivity index (χ3n) is 1.49. The summed E-state index contributed by atoms with van der Waals surface area (Å²) in [6.07, 6.45) is 0. The molecule has 0 aliphatic carbocycles. The molecule has 68 valence electrons. The maximum Gasteiger partial charge on any atom is 0.176 e. The van der Waals surface area contributed by atoms with Crippen molar-refractivity contribution in [3.05, 3.63) is 13.4 Å². The maximum absolute atomic E-state index is 9.58. The number of benzene rings is 1. The molecule has 0 aliphatic rings. The lowest BCUT2D eigenvalue weighted by atomic mass is 9.96. The molecule has 2 nitrogen and oxygen atoms in total. The van der Waals surface area contributed by atoms with Crippen LogP contribution in [0.25, 0.3) is 0 Å². The van der Waals surface area contributed by atoms with E-state index >= 15 is 0 Å². The molecule has 0 spiro atoms. The summed E-state index contributed by atoms with van der Waals surface area (Å²) in [6, 6.07) is 0. The second-order valence-corrected chi connectivity index (χ2v) is 4.62. The highest BCUT2D eigenvalue weighted by Gasteiger charge is 2.17. The first kappa shape index (κ1) is 11.4. The van der Waals surface area contributed by atoms with E-state index in [9.17, 15) is 5.11 Å². The Hall–Kier alpha value is 0.325. The SMILES string of the molecule is [B]c1c(Br)c(O)c(OC)c(Br)c1Br. The van der Waals surface area contributed by atoms with E-state index in [0.717, 1.165) is 0 Å². The minimum absolute atomic E-state index is 0.0184. The molecule has 0 fully saturated rings. The molecular formula is C7H4BBr3O2. The Balaban J connectivity index is 3.56. The zero-order valence-corrected chi connectivity index (χ0v) is 11.3. The van der Waals surface area contributed by atoms with Crippen LogP contribution in [-0.4, -0.2) is 20.1 Å². The first-order valence-corrected chi connectivity index (χ1v) is 5.57. The molecule has 0 bridgehead atoms. The van der Waals surface area contributed by atoms with Gasteiger partial charge in [-0.2, -0.15) is 0 Å². The molecule has 6 heteroatoms. The predicted octanol–water partition coefficient (Wildman–Crippen LogP) is 2.48. The second kappa shape index (κ2) is 4.23. The molecule has 1 N–H and O–H groups in total. The average molecular weight is 371 g/mol. The van der Waals surface area contributed by atoms with Gasteiger partial charge in [-0.25, -0.2) is 0 Å². The summed E-state index contributed by atoms with van der Waals surface area (Å²) in [5, 5.41) is 9.58. The summed E-state index contributed by atoms with van der Waals surface area (Å²) in [6.45, 7) is 0. The van der Waals surface area contributed by atoms with E-state index in [1.54, 1.807) is 0 Å². The largest absolute Gasteiger partial charge is 0.503 e. The van der Waals surface area contributed by atoms with Crippen molar-refractivity contribution in [2.75, 3.05) is 7.11 Å². The van der Waals surface area contributed by atoms with Gasteiger partial charge in [0, 0.05) is 4.47 Å². The molecule has 2 radical (unpaired) electrons. The van der Waals surface area contributed by atoms with Crippen molar-refractivity contribution in [2.24, 2.45) is 0 Å². The highest BCUT2D eigenvalue weighted by Crippen LogP contribution is 2.42. The van der Waals surface area contributed by atoms with E-state index in [1.165, 1.54) is 7.11 Å². The molecule has 0 atom stereocenters. The van der Waals surface area contributed by atoms with Crippen molar-refractivity contribution in [1.29, 1.82) is 0 Å². The number of halogens is 3. The van der Waals surface area contributed by atoms with E-state index in [1.807, 2.05) is 0 Å². The number of hydrogen-bond donors (Lipinski definition) is 1. The molecule has 0 saturated heterocycles. The number of rotatable bonds is 1. The summed E-state index contributed by atoms with van der Waals surface area (Å²) in [7, 11) is 7.13. The van der Waals surface area contributed by atoms with Gasteiger partial charge in [0.05, 0.1) is 16.1 Å². The van der Waals surface area contributed by atoms with Gasteiger partial charge in [-0.15, -0.1) is 0 Å². The van der Waals surface area contributed by atoms with Gasteiger partial charge >= 0.3 is 0 Å². The van der Waals surface area contributed by atoms with Crippen molar-refractivity contribution in [1.82, 2.24) is 0 Å². The molecule has 0 amide bonds. The first-order valence-electron chi connectivity index (χ1n) is 3.19. The fourth-order valence-corrected chi connectivity index (χ4v) is 2.42. The Morgan fingerprint density at radius 2 is 1.69 bits per heavy atom. The molecular weight excluding hydrogens is 367 g/mol. The minimum atomic E-state index is -0.0184. The average Bonchev–Trinajstić information content (AvgIpc) is 2.13. The normalized spacial score (nSPS) is 10.2. The van der Waals surface area contributed by atoms with Crippen LogP contribution in [0, 0.1) is 0 Å². The van der Waals surface area contributed by atoms with Crippen LogP contribution in [0.15, 0.2) is 13.4 Å². The Kier molecular flexibility index (Phi) is 3.71. The van der Waals surface area contributed by atoms with E-state index in [2.05, 4.69) is 47.8 Å². The zero-order chi connectivity index (χ0) is 10.2. The molecule has 0 heterocycles. The van der Waals surface area contributed by atoms with Gasteiger partial charge in [0.1, 0.15) is 7.85 Å². The highest BCUT2D eigenvalue weighted by atomic mass is 79.9. The van der Waals surface area contributed by atoms with Crippen molar-refractivity contribution in [2.45, 2.75) is 0 Å². The Morgan fingerprint density at radius 3 is 2.15 bits per heavy atom. The van der Waals surface area contributed by atoms with E-state index in [0.29, 0.717) is 24.6 Å². The van der Waals surface area contributed by atoms with Gasteiger partial charge in [-0.05, 0) is 31.9 Å². The molecule has 1 aromatic carbocycles. The monoisotopic (exact) mass is 368 g/mol. The molecule has 1 rings (SSSR count). The van der Waals surface area contributed by atoms with Crippen LogP contribution in [0.2, 0.25) is 0 Å². The molecule has 0 aromatic heterocycles. The van der Waals surface area contributed by atoms with Gasteiger partial charge in [-0.1, -0.05) is 21.4 Å². The summed E-state index contributed by atoms with van der Waals surface area (Å²) >= 11 is 9.66. The summed E-state index contributed by atoms with van der Waals surface area (Å²) < 4.78 is 6.63. The first-order chi connectivity index (χ1) is 6.00. The van der Waals surface area contributed by atoms with E-state index in [4.69, 9.17) is 12.6 Å². The fourth-order valence-electron chi connectivity index (χ4n) is 0.832. The van der Waals surface area contributed by atoms with Crippen molar-refractivity contribution in [3.8, 4) is 11.5 Å². The second-order valence-electron chi connectivity index (χ2n) is 2.24. The van der Waals surface area contributed by atoms with Crippen LogP contribution in [0.5, 0.6) is 11.5 Å². The molecule has 1 aromatic rings. The van der Waals surface area contributed by atoms with Crippen molar-refractivity contribution in [3.63, 3.8) is 0 Å². The quantitative estimate of drug-likeness (QED) is 0.608. The zero-order valence-electron chi connectivity index (χ0n) is 6.57. The Morgan fingerprint density at radius 1 is 1.15 bits per heavy atom. The minimum Gasteiger partial charge on any atom is -0.503 e. The number of phenols is 1. The topological polar surface area (TPSA) is 29.5 Å². The van der Waals surface area contributed by atoms with Gasteiger partial charge in [-0.3, -0.25) is 0 Å². The number of hydrogen-bond acceptors (Lipinski definition) is 2. The van der Waals surface area contributed by atoms with Gasteiger partial charge in [0.15, 0.2) is 11.5 Å². The molecule has 0 aliphatic heterocycles. The summed E-state index contributed by atoms with van der Waals surface area (Å²) in [5.41, 5.74) is 0.421. The van der Waals surface area contributed by atoms with E-state index in [-0.39, 0.29) is 5.75 Å². The fraction of sp³-hybridized carbons (Fsp3) is 0.143. The lowest BCUT2D eigenvalue weighted by molar-refractivity contribution is 0.369. The lowest BCUT2D eigenvalue weighted by Gasteiger charge is -2.12. The predicted molar refractivity (Wildman–Crippen MR) is 63.1 cm³/mol. The lowest BCUT2D eigenvalue weighted by Crippen LogP contribution is -2.08. The van der Waals surface area contributed by atoms with Crippen LogP contribution in [0.3, 0.4) is 0 Å². The number of phenolic OH excluding ortho intramolecular Hbond substituents is 1. The number of methoxy groups -OCH3 is 1. The van der Waals surface area contributed by atoms with Gasteiger partial charge < -0.3 is 9.84 Å². The smallest absolute Gasteiger partial charge is 0.176 e. The third kappa shape index (κ3) is 1.90. The number of aromatic hydroxyl groups is 1. The Bertz CT molecular complexity index is 325. The molecule has 13 heavy (non-hydrogen) atoms. The third-order valence-corrected chi connectivity index (χ3v) is 4.41. The highest BCUT2D eigenvalue weighted by molar-refractivity contribution is 9.13. The summed E-state index contributed by atoms with van der Waals surface area (Å²) in [4.78, 5) is 0. The Labute approximate surface area is 102 Å². The van der Waals surface area contributed by atoms with Crippen LogP contribution in [-0.2, 0) is 0 Å².